The summed E-state index contributed by atoms with van der Waals surface area (Å²) in [5, 5.41) is 6.10. The van der Waals surface area contributed by atoms with Gasteiger partial charge in [-0.15, -0.1) is 11.8 Å². The molecular formula is C17H23N3O2S. The molecule has 2 atom stereocenters. The van der Waals surface area contributed by atoms with Crippen LogP contribution < -0.4 is 10.6 Å². The molecule has 3 amide bonds. The first-order valence-electron chi connectivity index (χ1n) is 8.18. The lowest BCUT2D eigenvalue weighted by Crippen LogP contribution is -2.52. The van der Waals surface area contributed by atoms with Crippen molar-refractivity contribution >= 4 is 23.7 Å². The van der Waals surface area contributed by atoms with Crippen LogP contribution in [0.4, 0.5) is 4.79 Å². The molecule has 1 saturated heterocycles. The lowest BCUT2D eigenvalue weighted by atomic mass is 10.0. The predicted molar refractivity (Wildman–Crippen MR) is 91.5 cm³/mol. The molecule has 3 rings (SSSR count). The van der Waals surface area contributed by atoms with Gasteiger partial charge in [0.25, 0.3) is 0 Å². The van der Waals surface area contributed by atoms with Crippen LogP contribution in [-0.4, -0.2) is 41.7 Å². The second-order valence-corrected chi connectivity index (χ2v) is 7.30. The fourth-order valence-electron chi connectivity index (χ4n) is 3.30. The number of fused-ring (bicyclic) bond motifs is 1. The SMILES string of the molecule is CC(=O)N[C@H]1CCCN(C(=O)N[C@H]2CCSc3ccccc32)C1. The Balaban J connectivity index is 1.62. The monoisotopic (exact) mass is 333 g/mol. The lowest BCUT2D eigenvalue weighted by molar-refractivity contribution is -0.119. The Labute approximate surface area is 141 Å². The van der Waals surface area contributed by atoms with E-state index in [1.807, 2.05) is 28.8 Å². The molecule has 1 aromatic rings. The summed E-state index contributed by atoms with van der Waals surface area (Å²) in [6, 6.07) is 8.42. The highest BCUT2D eigenvalue weighted by molar-refractivity contribution is 7.99. The molecule has 0 bridgehead atoms. The molecule has 2 heterocycles. The Hall–Kier alpha value is -1.69. The number of carbonyl (C=O) groups excluding carboxylic acids is 2. The van der Waals surface area contributed by atoms with Crippen molar-refractivity contribution in [1.29, 1.82) is 0 Å². The molecular weight excluding hydrogens is 310 g/mol. The van der Waals surface area contributed by atoms with Crippen molar-refractivity contribution in [1.82, 2.24) is 15.5 Å². The maximum absolute atomic E-state index is 12.6. The summed E-state index contributed by atoms with van der Waals surface area (Å²) in [7, 11) is 0. The highest BCUT2D eigenvalue weighted by Gasteiger charge is 2.27. The number of hydrogen-bond donors (Lipinski definition) is 2. The summed E-state index contributed by atoms with van der Waals surface area (Å²) < 4.78 is 0. The minimum absolute atomic E-state index is 0.0215. The smallest absolute Gasteiger partial charge is 0.317 e. The number of piperidine rings is 1. The van der Waals surface area contributed by atoms with E-state index in [0.717, 1.165) is 31.6 Å². The third-order valence-electron chi connectivity index (χ3n) is 4.37. The summed E-state index contributed by atoms with van der Waals surface area (Å²) in [6.07, 6.45) is 2.82. The zero-order valence-corrected chi connectivity index (χ0v) is 14.2. The van der Waals surface area contributed by atoms with Gasteiger partial charge in [-0.05, 0) is 30.9 Å². The van der Waals surface area contributed by atoms with Gasteiger partial charge in [-0.25, -0.2) is 4.79 Å². The zero-order chi connectivity index (χ0) is 16.2. The molecule has 6 heteroatoms. The van der Waals surface area contributed by atoms with Crippen LogP contribution in [0.2, 0.25) is 0 Å². The van der Waals surface area contributed by atoms with E-state index in [0.29, 0.717) is 6.54 Å². The van der Waals surface area contributed by atoms with E-state index < -0.39 is 0 Å². The van der Waals surface area contributed by atoms with Crippen molar-refractivity contribution in [3.63, 3.8) is 0 Å². The van der Waals surface area contributed by atoms with Gasteiger partial charge in [0.1, 0.15) is 0 Å². The van der Waals surface area contributed by atoms with Crippen molar-refractivity contribution in [3.05, 3.63) is 29.8 Å². The van der Waals surface area contributed by atoms with Crippen molar-refractivity contribution in [2.75, 3.05) is 18.8 Å². The van der Waals surface area contributed by atoms with Gasteiger partial charge in [0.2, 0.25) is 5.91 Å². The number of rotatable bonds is 2. The van der Waals surface area contributed by atoms with Crippen LogP contribution >= 0.6 is 11.8 Å². The van der Waals surface area contributed by atoms with E-state index in [2.05, 4.69) is 22.8 Å². The first kappa shape index (κ1) is 16.2. The Bertz CT molecular complexity index is 593. The van der Waals surface area contributed by atoms with Crippen molar-refractivity contribution in [2.24, 2.45) is 0 Å². The van der Waals surface area contributed by atoms with Gasteiger partial charge < -0.3 is 15.5 Å². The van der Waals surface area contributed by atoms with Gasteiger partial charge in [-0.2, -0.15) is 0 Å². The first-order chi connectivity index (χ1) is 11.1. The number of amides is 3. The summed E-state index contributed by atoms with van der Waals surface area (Å²) in [5.41, 5.74) is 1.22. The first-order valence-corrected chi connectivity index (χ1v) is 9.16. The quantitative estimate of drug-likeness (QED) is 0.874. The van der Waals surface area contributed by atoms with Crippen LogP contribution in [-0.2, 0) is 4.79 Å². The van der Waals surface area contributed by atoms with Crippen LogP contribution in [0, 0.1) is 0 Å². The van der Waals surface area contributed by atoms with E-state index >= 15 is 0 Å². The normalized spacial score (nSPS) is 23.8. The van der Waals surface area contributed by atoms with E-state index in [1.54, 1.807) is 0 Å². The van der Waals surface area contributed by atoms with Crippen LogP contribution in [0.3, 0.4) is 0 Å². The molecule has 1 fully saturated rings. The fraction of sp³-hybridized carbons (Fsp3) is 0.529. The molecule has 2 N–H and O–H groups in total. The highest BCUT2D eigenvalue weighted by Crippen LogP contribution is 2.35. The van der Waals surface area contributed by atoms with Crippen LogP contribution in [0.25, 0.3) is 0 Å². The van der Waals surface area contributed by atoms with Gasteiger partial charge in [0, 0.05) is 36.7 Å². The summed E-state index contributed by atoms with van der Waals surface area (Å²) in [6.45, 7) is 2.87. The Morgan fingerprint density at radius 1 is 1.22 bits per heavy atom. The molecule has 0 spiro atoms. The Morgan fingerprint density at radius 2 is 2.04 bits per heavy atom. The minimum Gasteiger partial charge on any atom is -0.352 e. The van der Waals surface area contributed by atoms with Crippen LogP contribution in [0.15, 0.2) is 29.2 Å². The predicted octanol–water partition coefficient (Wildman–Crippen LogP) is 2.53. The number of hydrogen-bond acceptors (Lipinski definition) is 3. The average molecular weight is 333 g/mol. The molecule has 0 radical (unpaired) electrons. The molecule has 1 aromatic carbocycles. The molecule has 0 saturated carbocycles. The van der Waals surface area contributed by atoms with Crippen molar-refractivity contribution in [3.8, 4) is 0 Å². The number of thioether (sulfide) groups is 1. The Kier molecular flexibility index (Phi) is 5.10. The number of benzene rings is 1. The number of nitrogens with zero attached hydrogens (tertiary/aromatic N) is 1. The van der Waals surface area contributed by atoms with Crippen LogP contribution in [0.1, 0.15) is 37.8 Å². The second-order valence-electron chi connectivity index (χ2n) is 6.16. The van der Waals surface area contributed by atoms with E-state index in [-0.39, 0.29) is 24.0 Å². The standard InChI is InChI=1S/C17H23N3O2S/c1-12(21)18-13-5-4-9-20(11-13)17(22)19-15-8-10-23-16-7-3-2-6-14(15)16/h2-3,6-7,13,15H,4-5,8-11H2,1H3,(H,18,21)(H,19,22)/t13-,15-/m0/s1. The molecule has 2 aliphatic heterocycles. The van der Waals surface area contributed by atoms with Gasteiger partial charge in [0.15, 0.2) is 0 Å². The summed E-state index contributed by atoms with van der Waals surface area (Å²) in [5.74, 6) is 0.992. The maximum atomic E-state index is 12.6. The molecule has 124 valence electrons. The fourth-order valence-corrected chi connectivity index (χ4v) is 4.42. The van der Waals surface area contributed by atoms with E-state index in [1.165, 1.54) is 17.4 Å². The molecule has 2 aliphatic rings. The summed E-state index contributed by atoms with van der Waals surface area (Å²) in [4.78, 5) is 26.9. The number of carbonyl (C=O) groups is 2. The zero-order valence-electron chi connectivity index (χ0n) is 13.4. The molecule has 0 aromatic heterocycles. The van der Waals surface area contributed by atoms with Gasteiger partial charge in [-0.1, -0.05) is 18.2 Å². The topological polar surface area (TPSA) is 61.4 Å². The Morgan fingerprint density at radius 3 is 2.87 bits per heavy atom. The maximum Gasteiger partial charge on any atom is 0.317 e. The summed E-state index contributed by atoms with van der Waals surface area (Å²) >= 11 is 1.85. The number of urea groups is 1. The molecule has 23 heavy (non-hydrogen) atoms. The number of nitrogens with one attached hydrogen (secondary N) is 2. The van der Waals surface area contributed by atoms with E-state index in [4.69, 9.17) is 0 Å². The lowest BCUT2D eigenvalue weighted by Gasteiger charge is -2.35. The molecule has 0 unspecified atom stereocenters. The third-order valence-corrected chi connectivity index (χ3v) is 5.49. The largest absolute Gasteiger partial charge is 0.352 e. The van der Waals surface area contributed by atoms with Gasteiger partial charge >= 0.3 is 6.03 Å². The highest BCUT2D eigenvalue weighted by atomic mass is 32.2. The third kappa shape index (κ3) is 3.99. The molecule has 0 aliphatic carbocycles. The number of likely N-dealkylation sites (tertiary alicyclic amines) is 1. The molecule has 5 nitrogen and oxygen atoms in total. The van der Waals surface area contributed by atoms with E-state index in [9.17, 15) is 9.59 Å². The van der Waals surface area contributed by atoms with Crippen molar-refractivity contribution < 1.29 is 9.59 Å². The van der Waals surface area contributed by atoms with Gasteiger partial charge in [-0.3, -0.25) is 4.79 Å². The second kappa shape index (κ2) is 7.25. The van der Waals surface area contributed by atoms with Gasteiger partial charge in [0.05, 0.1) is 6.04 Å². The minimum atomic E-state index is -0.0320. The van der Waals surface area contributed by atoms with Crippen molar-refractivity contribution in [2.45, 2.75) is 43.2 Å². The van der Waals surface area contributed by atoms with Crippen LogP contribution in [0.5, 0.6) is 0 Å². The average Bonchev–Trinajstić information content (AvgIpc) is 2.55.